The van der Waals surface area contributed by atoms with E-state index in [-0.39, 0.29) is 17.1 Å². The number of esters is 1. The van der Waals surface area contributed by atoms with Crippen LogP contribution < -0.4 is 4.74 Å². The molecule has 0 spiro atoms. The van der Waals surface area contributed by atoms with Gasteiger partial charge in [-0.1, -0.05) is 18.2 Å². The van der Waals surface area contributed by atoms with E-state index in [2.05, 4.69) is 0 Å². The summed E-state index contributed by atoms with van der Waals surface area (Å²) in [6.45, 7) is 0. The van der Waals surface area contributed by atoms with E-state index in [9.17, 15) is 14.3 Å². The lowest BCUT2D eigenvalue weighted by Gasteiger charge is -2.05. The Morgan fingerprint density at radius 2 is 1.88 bits per heavy atom. The highest BCUT2D eigenvalue weighted by Crippen LogP contribution is 2.25. The normalized spacial score (nSPS) is 9.94. The quantitative estimate of drug-likeness (QED) is 0.639. The molecule has 0 saturated heterocycles. The van der Waals surface area contributed by atoms with Crippen LogP contribution in [0.15, 0.2) is 48.5 Å². The Bertz CT molecular complexity index is 552. The minimum Gasteiger partial charge on any atom is -0.504 e. The van der Waals surface area contributed by atoms with E-state index >= 15 is 0 Å². The molecule has 3 nitrogen and oxygen atoms in total. The third-order valence-electron chi connectivity index (χ3n) is 2.13. The average Bonchev–Trinajstić information content (AvgIpc) is 2.32. The lowest BCUT2D eigenvalue weighted by atomic mass is 10.2. The van der Waals surface area contributed by atoms with Gasteiger partial charge >= 0.3 is 5.97 Å². The van der Waals surface area contributed by atoms with Crippen molar-refractivity contribution in [1.82, 2.24) is 0 Å². The number of phenolic OH excluding ortho intramolecular Hbond substituents is 1. The largest absolute Gasteiger partial charge is 0.504 e. The Morgan fingerprint density at radius 3 is 2.59 bits per heavy atom. The highest BCUT2D eigenvalue weighted by molar-refractivity contribution is 5.91. The summed E-state index contributed by atoms with van der Waals surface area (Å²) in [7, 11) is 0. The number of halogens is 1. The Kier molecular flexibility index (Phi) is 3.05. The van der Waals surface area contributed by atoms with Gasteiger partial charge in [-0.05, 0) is 30.3 Å². The number of benzene rings is 2. The van der Waals surface area contributed by atoms with Crippen LogP contribution in [0, 0.1) is 5.82 Å². The second-order valence-electron chi connectivity index (χ2n) is 3.37. The van der Waals surface area contributed by atoms with E-state index in [0.717, 1.165) is 6.07 Å². The van der Waals surface area contributed by atoms with Gasteiger partial charge in [-0.25, -0.2) is 9.18 Å². The summed E-state index contributed by atoms with van der Waals surface area (Å²) in [5, 5.41) is 9.41. The van der Waals surface area contributed by atoms with E-state index < -0.39 is 11.8 Å². The van der Waals surface area contributed by atoms with Crippen LogP contribution in [0.4, 0.5) is 4.39 Å². The van der Waals surface area contributed by atoms with Crippen LogP contribution in [0.25, 0.3) is 0 Å². The minimum atomic E-state index is -0.717. The number of hydrogen-bond acceptors (Lipinski definition) is 3. The topological polar surface area (TPSA) is 46.5 Å². The van der Waals surface area contributed by atoms with Crippen molar-refractivity contribution in [2.24, 2.45) is 0 Å². The van der Waals surface area contributed by atoms with Crippen molar-refractivity contribution in [1.29, 1.82) is 0 Å². The number of ether oxygens (including phenoxy) is 1. The molecular weight excluding hydrogens is 223 g/mol. The van der Waals surface area contributed by atoms with Gasteiger partial charge in [0.25, 0.3) is 0 Å². The first-order valence-corrected chi connectivity index (χ1v) is 4.92. The third-order valence-corrected chi connectivity index (χ3v) is 2.13. The van der Waals surface area contributed by atoms with Gasteiger partial charge in [0.1, 0.15) is 5.82 Å². The first-order valence-electron chi connectivity index (χ1n) is 4.92. The predicted octanol–water partition coefficient (Wildman–Crippen LogP) is 2.75. The second-order valence-corrected chi connectivity index (χ2v) is 3.37. The summed E-state index contributed by atoms with van der Waals surface area (Å²) in [6.07, 6.45) is 0. The Hall–Kier alpha value is -2.36. The fourth-order valence-corrected chi connectivity index (χ4v) is 1.32. The fourth-order valence-electron chi connectivity index (χ4n) is 1.32. The van der Waals surface area contributed by atoms with Crippen LogP contribution in [0.1, 0.15) is 10.4 Å². The molecule has 4 heteroatoms. The third kappa shape index (κ3) is 2.60. The molecule has 0 amide bonds. The summed E-state index contributed by atoms with van der Waals surface area (Å²) in [6, 6.07) is 11.2. The minimum absolute atomic E-state index is 0.0433. The molecule has 0 saturated carbocycles. The SMILES string of the molecule is O=C(Oc1ccccc1O)c1cccc(F)c1. The van der Waals surface area contributed by atoms with Gasteiger partial charge in [0, 0.05) is 0 Å². The molecule has 0 bridgehead atoms. The molecule has 2 aromatic rings. The number of carbonyl (C=O) groups excluding carboxylic acids is 1. The molecule has 1 N–H and O–H groups in total. The Morgan fingerprint density at radius 1 is 1.12 bits per heavy atom. The zero-order valence-corrected chi connectivity index (χ0v) is 8.76. The average molecular weight is 232 g/mol. The summed E-state index contributed by atoms with van der Waals surface area (Å²) in [5.74, 6) is -1.33. The number of rotatable bonds is 2. The molecular formula is C13H9FO3. The molecule has 2 aromatic carbocycles. The molecule has 0 atom stereocenters. The van der Waals surface area contributed by atoms with Gasteiger partial charge in [0.2, 0.25) is 0 Å². The number of para-hydroxylation sites is 2. The molecule has 0 unspecified atom stereocenters. The van der Waals surface area contributed by atoms with Crippen molar-refractivity contribution >= 4 is 5.97 Å². The maximum Gasteiger partial charge on any atom is 0.343 e. The van der Waals surface area contributed by atoms with Gasteiger partial charge < -0.3 is 9.84 Å². The molecule has 2 rings (SSSR count). The first kappa shape index (κ1) is 11.1. The summed E-state index contributed by atoms with van der Waals surface area (Å²) >= 11 is 0. The van der Waals surface area contributed by atoms with E-state index in [1.165, 1.54) is 30.3 Å². The lowest BCUT2D eigenvalue weighted by molar-refractivity contribution is 0.0729. The maximum absolute atomic E-state index is 12.9. The zero-order valence-electron chi connectivity index (χ0n) is 8.76. The smallest absolute Gasteiger partial charge is 0.343 e. The van der Waals surface area contributed by atoms with Gasteiger partial charge in [0.15, 0.2) is 11.5 Å². The first-order chi connectivity index (χ1) is 8.16. The van der Waals surface area contributed by atoms with Crippen molar-refractivity contribution in [3.63, 3.8) is 0 Å². The van der Waals surface area contributed by atoms with Crippen LogP contribution in [-0.4, -0.2) is 11.1 Å². The van der Waals surface area contributed by atoms with Crippen molar-refractivity contribution in [2.45, 2.75) is 0 Å². The van der Waals surface area contributed by atoms with Gasteiger partial charge in [-0.2, -0.15) is 0 Å². The molecule has 0 heterocycles. The van der Waals surface area contributed by atoms with Crippen LogP contribution in [0.2, 0.25) is 0 Å². The predicted molar refractivity (Wildman–Crippen MR) is 59.5 cm³/mol. The van der Waals surface area contributed by atoms with Crippen LogP contribution in [0.5, 0.6) is 11.5 Å². The molecule has 0 aliphatic rings. The number of hydrogen-bond donors (Lipinski definition) is 1. The van der Waals surface area contributed by atoms with Crippen molar-refractivity contribution in [3.05, 3.63) is 59.9 Å². The maximum atomic E-state index is 12.9. The standard InChI is InChI=1S/C13H9FO3/c14-10-5-3-4-9(8-10)13(16)17-12-7-2-1-6-11(12)15/h1-8,15H. The van der Waals surface area contributed by atoms with E-state index in [1.807, 2.05) is 0 Å². The van der Waals surface area contributed by atoms with Crippen LogP contribution in [0.3, 0.4) is 0 Å². The molecule has 0 aromatic heterocycles. The number of aromatic hydroxyl groups is 1. The second kappa shape index (κ2) is 4.65. The highest BCUT2D eigenvalue weighted by atomic mass is 19.1. The molecule has 86 valence electrons. The van der Waals surface area contributed by atoms with Crippen molar-refractivity contribution in [2.75, 3.05) is 0 Å². The van der Waals surface area contributed by atoms with Crippen molar-refractivity contribution in [3.8, 4) is 11.5 Å². The lowest BCUT2D eigenvalue weighted by Crippen LogP contribution is -2.08. The number of carbonyl (C=O) groups is 1. The van der Waals surface area contributed by atoms with Gasteiger partial charge in [0.05, 0.1) is 5.56 Å². The fraction of sp³-hybridized carbons (Fsp3) is 0. The van der Waals surface area contributed by atoms with E-state index in [4.69, 9.17) is 4.74 Å². The van der Waals surface area contributed by atoms with E-state index in [0.29, 0.717) is 0 Å². The Balaban J connectivity index is 2.20. The van der Waals surface area contributed by atoms with Crippen LogP contribution >= 0.6 is 0 Å². The van der Waals surface area contributed by atoms with Crippen molar-refractivity contribution < 1.29 is 19.0 Å². The molecule has 17 heavy (non-hydrogen) atoms. The van der Waals surface area contributed by atoms with Gasteiger partial charge in [-0.3, -0.25) is 0 Å². The highest BCUT2D eigenvalue weighted by Gasteiger charge is 2.11. The summed E-state index contributed by atoms with van der Waals surface area (Å²) in [5.41, 5.74) is 0.0910. The van der Waals surface area contributed by atoms with Crippen LogP contribution in [-0.2, 0) is 0 Å². The van der Waals surface area contributed by atoms with E-state index in [1.54, 1.807) is 12.1 Å². The van der Waals surface area contributed by atoms with Gasteiger partial charge in [-0.15, -0.1) is 0 Å². The zero-order chi connectivity index (χ0) is 12.3. The molecule has 0 fully saturated rings. The molecule has 0 aliphatic carbocycles. The molecule has 0 radical (unpaired) electrons. The summed E-state index contributed by atoms with van der Waals surface area (Å²) < 4.78 is 17.8. The summed E-state index contributed by atoms with van der Waals surface area (Å²) in [4.78, 5) is 11.6. The Labute approximate surface area is 97.1 Å². The molecule has 0 aliphatic heterocycles. The monoisotopic (exact) mass is 232 g/mol. The number of phenols is 1.